The maximum atomic E-state index is 12.2. The minimum atomic E-state index is -0.234. The smallest absolute Gasteiger partial charge is 0.323 e. The van der Waals surface area contributed by atoms with Crippen molar-refractivity contribution in [1.29, 1.82) is 0 Å². The summed E-state index contributed by atoms with van der Waals surface area (Å²) in [4.78, 5) is 13.8. The molecule has 1 aromatic heterocycles. The average molecular weight is 307 g/mol. The number of benzene rings is 2. The monoisotopic (exact) mass is 307 g/mol. The standard InChI is InChI=1S/C18H17N3O2/c1-21(13-14-8-4-2-5-9-14)18(22)19-17-12-16(23-20-17)15-10-6-3-7-11-15/h2-12H,13H2,1H3,(H,19,20,22). The zero-order valence-corrected chi connectivity index (χ0v) is 12.8. The van der Waals surface area contributed by atoms with Gasteiger partial charge in [0.15, 0.2) is 11.6 Å². The van der Waals surface area contributed by atoms with Crippen molar-refractivity contribution in [3.63, 3.8) is 0 Å². The molecule has 3 aromatic rings. The highest BCUT2D eigenvalue weighted by molar-refractivity contribution is 5.88. The van der Waals surface area contributed by atoms with Gasteiger partial charge in [-0.1, -0.05) is 65.8 Å². The van der Waals surface area contributed by atoms with Crippen LogP contribution >= 0.6 is 0 Å². The fourth-order valence-electron chi connectivity index (χ4n) is 2.21. The lowest BCUT2D eigenvalue weighted by molar-refractivity contribution is 0.220. The van der Waals surface area contributed by atoms with E-state index in [1.54, 1.807) is 18.0 Å². The van der Waals surface area contributed by atoms with E-state index in [2.05, 4.69) is 10.5 Å². The normalized spacial score (nSPS) is 10.3. The second kappa shape index (κ2) is 6.79. The van der Waals surface area contributed by atoms with Crippen molar-refractivity contribution in [2.75, 3.05) is 12.4 Å². The Hall–Kier alpha value is -3.08. The van der Waals surface area contributed by atoms with Gasteiger partial charge in [0.25, 0.3) is 0 Å². The Morgan fingerprint density at radius 1 is 1.09 bits per heavy atom. The van der Waals surface area contributed by atoms with E-state index in [1.165, 1.54) is 0 Å². The second-order valence-electron chi connectivity index (χ2n) is 5.21. The van der Waals surface area contributed by atoms with Gasteiger partial charge in [0.05, 0.1) is 0 Å². The van der Waals surface area contributed by atoms with Gasteiger partial charge in [-0.3, -0.25) is 5.32 Å². The number of hydrogen-bond donors (Lipinski definition) is 1. The van der Waals surface area contributed by atoms with Crippen LogP contribution in [0, 0.1) is 0 Å². The van der Waals surface area contributed by atoms with E-state index >= 15 is 0 Å². The molecule has 0 fully saturated rings. The molecular formula is C18H17N3O2. The number of urea groups is 1. The topological polar surface area (TPSA) is 58.4 Å². The number of nitrogens with one attached hydrogen (secondary N) is 1. The van der Waals surface area contributed by atoms with Crippen molar-refractivity contribution in [1.82, 2.24) is 10.1 Å². The quantitative estimate of drug-likeness (QED) is 0.792. The van der Waals surface area contributed by atoms with Crippen LogP contribution in [-0.4, -0.2) is 23.1 Å². The first-order valence-electron chi connectivity index (χ1n) is 7.30. The van der Waals surface area contributed by atoms with Gasteiger partial charge in [0, 0.05) is 25.2 Å². The Labute approximate surface area is 134 Å². The third-order valence-electron chi connectivity index (χ3n) is 3.41. The lowest BCUT2D eigenvalue weighted by Crippen LogP contribution is -2.30. The predicted molar refractivity (Wildman–Crippen MR) is 88.9 cm³/mol. The summed E-state index contributed by atoms with van der Waals surface area (Å²) in [5.74, 6) is 1.01. The van der Waals surface area contributed by atoms with Crippen molar-refractivity contribution < 1.29 is 9.32 Å². The van der Waals surface area contributed by atoms with Crippen LogP contribution in [0.1, 0.15) is 5.56 Å². The van der Waals surface area contributed by atoms with Gasteiger partial charge in [-0.2, -0.15) is 0 Å². The number of nitrogens with zero attached hydrogens (tertiary/aromatic N) is 2. The van der Waals surface area contributed by atoms with Crippen molar-refractivity contribution in [2.24, 2.45) is 0 Å². The summed E-state index contributed by atoms with van der Waals surface area (Å²) in [5, 5.41) is 6.62. The maximum Gasteiger partial charge on any atom is 0.323 e. The molecule has 0 aliphatic rings. The maximum absolute atomic E-state index is 12.2. The number of carbonyl (C=O) groups is 1. The first-order valence-corrected chi connectivity index (χ1v) is 7.30. The van der Waals surface area contributed by atoms with Crippen LogP contribution in [-0.2, 0) is 6.54 Å². The summed E-state index contributed by atoms with van der Waals surface area (Å²) in [5.41, 5.74) is 1.98. The molecule has 2 amide bonds. The molecule has 0 spiro atoms. The van der Waals surface area contributed by atoms with Crippen LogP contribution in [0.25, 0.3) is 11.3 Å². The summed E-state index contributed by atoms with van der Waals surface area (Å²) in [7, 11) is 1.74. The lowest BCUT2D eigenvalue weighted by atomic mass is 10.2. The van der Waals surface area contributed by atoms with E-state index in [4.69, 9.17) is 4.52 Å². The van der Waals surface area contributed by atoms with E-state index < -0.39 is 0 Å². The molecule has 0 saturated carbocycles. The first-order chi connectivity index (χ1) is 11.2. The van der Waals surface area contributed by atoms with Gasteiger partial charge < -0.3 is 9.42 Å². The van der Waals surface area contributed by atoms with Crippen molar-refractivity contribution in [3.05, 3.63) is 72.3 Å². The Morgan fingerprint density at radius 2 is 1.74 bits per heavy atom. The SMILES string of the molecule is CN(Cc1ccccc1)C(=O)Nc1cc(-c2ccccc2)on1. The van der Waals surface area contributed by atoms with Crippen molar-refractivity contribution >= 4 is 11.8 Å². The second-order valence-corrected chi connectivity index (χ2v) is 5.21. The van der Waals surface area contributed by atoms with E-state index in [-0.39, 0.29) is 6.03 Å². The molecule has 23 heavy (non-hydrogen) atoms. The molecule has 5 heteroatoms. The molecule has 3 rings (SSSR count). The molecule has 0 unspecified atom stereocenters. The highest BCUT2D eigenvalue weighted by Crippen LogP contribution is 2.22. The van der Waals surface area contributed by atoms with E-state index in [9.17, 15) is 4.79 Å². The van der Waals surface area contributed by atoms with Crippen LogP contribution in [0.4, 0.5) is 10.6 Å². The Kier molecular flexibility index (Phi) is 4.38. The summed E-state index contributed by atoms with van der Waals surface area (Å²) in [6.45, 7) is 0.524. The van der Waals surface area contributed by atoms with Crippen molar-refractivity contribution in [2.45, 2.75) is 6.54 Å². The number of hydrogen-bond acceptors (Lipinski definition) is 3. The minimum absolute atomic E-state index is 0.234. The van der Waals surface area contributed by atoms with Gasteiger partial charge in [-0.15, -0.1) is 0 Å². The fraction of sp³-hybridized carbons (Fsp3) is 0.111. The summed E-state index contributed by atoms with van der Waals surface area (Å²) in [6.07, 6.45) is 0. The number of amides is 2. The Balaban J connectivity index is 1.63. The largest absolute Gasteiger partial charge is 0.354 e. The predicted octanol–water partition coefficient (Wildman–Crippen LogP) is 4.01. The average Bonchev–Trinajstić information content (AvgIpc) is 3.05. The minimum Gasteiger partial charge on any atom is -0.354 e. The van der Waals surface area contributed by atoms with E-state index in [1.807, 2.05) is 60.7 Å². The van der Waals surface area contributed by atoms with Crippen LogP contribution in [0.3, 0.4) is 0 Å². The molecule has 1 heterocycles. The number of aromatic nitrogens is 1. The molecule has 0 aliphatic heterocycles. The molecule has 1 N–H and O–H groups in total. The summed E-state index contributed by atoms with van der Waals surface area (Å²) < 4.78 is 5.27. The molecule has 2 aromatic carbocycles. The highest BCUT2D eigenvalue weighted by Gasteiger charge is 2.13. The molecule has 0 bridgehead atoms. The van der Waals surface area contributed by atoms with Crippen LogP contribution in [0.5, 0.6) is 0 Å². The zero-order chi connectivity index (χ0) is 16.1. The van der Waals surface area contributed by atoms with Gasteiger partial charge >= 0.3 is 6.03 Å². The lowest BCUT2D eigenvalue weighted by Gasteiger charge is -2.16. The van der Waals surface area contributed by atoms with Crippen LogP contribution < -0.4 is 5.32 Å². The van der Waals surface area contributed by atoms with Gasteiger partial charge in [0.2, 0.25) is 0 Å². The molecule has 5 nitrogen and oxygen atoms in total. The van der Waals surface area contributed by atoms with Crippen LogP contribution in [0.15, 0.2) is 71.3 Å². The summed E-state index contributed by atoms with van der Waals surface area (Å²) in [6, 6.07) is 20.9. The fourth-order valence-corrected chi connectivity index (χ4v) is 2.21. The van der Waals surface area contributed by atoms with Gasteiger partial charge in [0.1, 0.15) is 0 Å². The molecule has 0 radical (unpaired) electrons. The molecule has 0 saturated heterocycles. The third-order valence-corrected chi connectivity index (χ3v) is 3.41. The number of carbonyl (C=O) groups excluding carboxylic acids is 1. The van der Waals surface area contributed by atoms with Gasteiger partial charge in [-0.05, 0) is 5.56 Å². The zero-order valence-electron chi connectivity index (χ0n) is 12.8. The third kappa shape index (κ3) is 3.77. The molecule has 0 atom stereocenters. The Bertz CT molecular complexity index is 769. The molecule has 116 valence electrons. The summed E-state index contributed by atoms with van der Waals surface area (Å²) >= 11 is 0. The van der Waals surface area contributed by atoms with Crippen LogP contribution in [0.2, 0.25) is 0 Å². The van der Waals surface area contributed by atoms with E-state index in [0.717, 1.165) is 11.1 Å². The molecular weight excluding hydrogens is 290 g/mol. The molecule has 0 aliphatic carbocycles. The number of anilines is 1. The highest BCUT2D eigenvalue weighted by atomic mass is 16.5. The van der Waals surface area contributed by atoms with E-state index in [0.29, 0.717) is 18.1 Å². The number of rotatable bonds is 4. The van der Waals surface area contributed by atoms with Crippen molar-refractivity contribution in [3.8, 4) is 11.3 Å². The Morgan fingerprint density at radius 3 is 2.43 bits per heavy atom. The first kappa shape index (κ1) is 14.8. The van der Waals surface area contributed by atoms with Gasteiger partial charge in [-0.25, -0.2) is 4.79 Å².